The summed E-state index contributed by atoms with van der Waals surface area (Å²) < 4.78 is 0.649. The minimum Gasteiger partial charge on any atom is -0.328 e. The van der Waals surface area contributed by atoms with Crippen molar-refractivity contribution < 1.29 is 4.79 Å². The highest BCUT2D eigenvalue weighted by molar-refractivity contribution is 9.10. The van der Waals surface area contributed by atoms with Crippen LogP contribution >= 0.6 is 15.9 Å². The van der Waals surface area contributed by atoms with Gasteiger partial charge in [0.05, 0.1) is 6.54 Å². The zero-order valence-electron chi connectivity index (χ0n) is 9.11. The average molecular weight is 281 g/mol. The highest BCUT2D eigenvalue weighted by Crippen LogP contribution is 2.10. The van der Waals surface area contributed by atoms with Gasteiger partial charge in [0, 0.05) is 18.3 Å². The predicted octanol–water partition coefficient (Wildman–Crippen LogP) is 2.33. The van der Waals surface area contributed by atoms with Gasteiger partial charge in [-0.25, -0.2) is 4.98 Å². The number of carbonyl (C=O) groups is 1. The summed E-state index contributed by atoms with van der Waals surface area (Å²) in [4.78, 5) is 17.7. The Morgan fingerprint density at radius 3 is 3.00 bits per heavy atom. The highest BCUT2D eigenvalue weighted by atomic mass is 79.9. The molecular weight excluding hydrogens is 268 g/mol. The second-order valence-electron chi connectivity index (χ2n) is 3.30. The van der Waals surface area contributed by atoms with Crippen LogP contribution in [0.2, 0.25) is 0 Å². The van der Waals surface area contributed by atoms with E-state index in [1.54, 1.807) is 23.2 Å². The van der Waals surface area contributed by atoms with Gasteiger partial charge in [-0.05, 0) is 34.5 Å². The number of nitrogens with zero attached hydrogens (tertiary/aromatic N) is 2. The van der Waals surface area contributed by atoms with E-state index in [1.807, 2.05) is 6.92 Å². The fourth-order valence-electron chi connectivity index (χ4n) is 1.35. The van der Waals surface area contributed by atoms with Gasteiger partial charge < -0.3 is 4.90 Å². The molecule has 0 fully saturated rings. The Bertz CT molecular complexity index is 412. The monoisotopic (exact) mass is 280 g/mol. The van der Waals surface area contributed by atoms with E-state index >= 15 is 0 Å². The summed E-state index contributed by atoms with van der Waals surface area (Å²) in [5.74, 6) is 2.44. The van der Waals surface area contributed by atoms with Crippen LogP contribution < -0.4 is 0 Å². The predicted molar refractivity (Wildman–Crippen MR) is 67.0 cm³/mol. The molecule has 0 unspecified atom stereocenters. The lowest BCUT2D eigenvalue weighted by molar-refractivity contribution is 0.0776. The molecule has 0 saturated heterocycles. The molecule has 84 valence electrons. The smallest absolute Gasteiger partial charge is 0.254 e. The first-order valence-electron chi connectivity index (χ1n) is 5.03. The minimum absolute atomic E-state index is 0.0529. The molecule has 0 radical (unpaired) electrons. The minimum atomic E-state index is -0.0529. The van der Waals surface area contributed by atoms with Crippen molar-refractivity contribution in [3.8, 4) is 12.3 Å². The SMILES string of the molecule is C#CCN(CCC)C(=O)c1ccnc(Br)c1. The molecular formula is C12H13BrN2O. The third kappa shape index (κ3) is 3.35. The van der Waals surface area contributed by atoms with Gasteiger partial charge in [-0.1, -0.05) is 12.8 Å². The maximum atomic E-state index is 12.1. The van der Waals surface area contributed by atoms with E-state index in [4.69, 9.17) is 6.42 Å². The van der Waals surface area contributed by atoms with Gasteiger partial charge in [0.15, 0.2) is 0 Å². The molecule has 0 N–H and O–H groups in total. The maximum Gasteiger partial charge on any atom is 0.254 e. The second kappa shape index (κ2) is 6.29. The van der Waals surface area contributed by atoms with Gasteiger partial charge in [0.25, 0.3) is 5.91 Å². The van der Waals surface area contributed by atoms with Gasteiger partial charge in [-0.3, -0.25) is 4.79 Å². The van der Waals surface area contributed by atoms with Crippen LogP contribution in [0.5, 0.6) is 0 Å². The molecule has 0 spiro atoms. The van der Waals surface area contributed by atoms with Gasteiger partial charge >= 0.3 is 0 Å². The van der Waals surface area contributed by atoms with Gasteiger partial charge in [-0.2, -0.15) is 0 Å². The average Bonchev–Trinajstić information content (AvgIpc) is 2.28. The topological polar surface area (TPSA) is 33.2 Å². The number of terminal acetylenes is 1. The lowest BCUT2D eigenvalue weighted by Gasteiger charge is -2.19. The Morgan fingerprint density at radius 1 is 1.69 bits per heavy atom. The molecule has 16 heavy (non-hydrogen) atoms. The summed E-state index contributed by atoms with van der Waals surface area (Å²) in [5, 5.41) is 0. The second-order valence-corrected chi connectivity index (χ2v) is 4.11. The number of aromatic nitrogens is 1. The molecule has 1 amide bonds. The van der Waals surface area contributed by atoms with E-state index in [2.05, 4.69) is 26.8 Å². The normalized spacial score (nSPS) is 9.56. The van der Waals surface area contributed by atoms with Gasteiger partial charge in [-0.15, -0.1) is 6.42 Å². The van der Waals surface area contributed by atoms with Crippen LogP contribution in [0.4, 0.5) is 0 Å². The lowest BCUT2D eigenvalue weighted by atomic mass is 10.2. The van der Waals surface area contributed by atoms with Crippen LogP contribution in [0.15, 0.2) is 22.9 Å². The molecule has 1 aromatic heterocycles. The number of amides is 1. The van der Waals surface area contributed by atoms with Gasteiger partial charge in [0.2, 0.25) is 0 Å². The highest BCUT2D eigenvalue weighted by Gasteiger charge is 2.14. The molecule has 0 aromatic carbocycles. The van der Waals surface area contributed by atoms with Crippen molar-refractivity contribution in [1.29, 1.82) is 0 Å². The fraction of sp³-hybridized carbons (Fsp3) is 0.333. The van der Waals surface area contributed by atoms with Crippen LogP contribution in [0, 0.1) is 12.3 Å². The van der Waals surface area contributed by atoms with Crippen molar-refractivity contribution in [1.82, 2.24) is 9.88 Å². The molecule has 1 aromatic rings. The standard InChI is InChI=1S/C12H13BrN2O/c1-3-7-15(8-4-2)12(16)10-5-6-14-11(13)9-10/h1,5-6,9H,4,7-8H2,2H3. The third-order valence-corrected chi connectivity index (χ3v) is 2.47. The lowest BCUT2D eigenvalue weighted by Crippen LogP contribution is -2.32. The van der Waals surface area contributed by atoms with Crippen molar-refractivity contribution >= 4 is 21.8 Å². The van der Waals surface area contributed by atoms with Crippen LogP contribution in [-0.2, 0) is 0 Å². The van der Waals surface area contributed by atoms with Crippen molar-refractivity contribution in [3.63, 3.8) is 0 Å². The van der Waals surface area contributed by atoms with E-state index < -0.39 is 0 Å². The molecule has 0 atom stereocenters. The summed E-state index contributed by atoms with van der Waals surface area (Å²) in [6, 6.07) is 3.38. The van der Waals surface area contributed by atoms with E-state index in [9.17, 15) is 4.79 Å². The Morgan fingerprint density at radius 2 is 2.44 bits per heavy atom. The maximum absolute atomic E-state index is 12.1. The molecule has 3 nitrogen and oxygen atoms in total. The zero-order valence-corrected chi connectivity index (χ0v) is 10.7. The Labute approximate surface area is 104 Å². The number of carbonyl (C=O) groups excluding carboxylic acids is 1. The molecule has 1 heterocycles. The molecule has 0 aliphatic rings. The Hall–Kier alpha value is -1.34. The fourth-order valence-corrected chi connectivity index (χ4v) is 1.72. The Kier molecular flexibility index (Phi) is 5.00. The van der Waals surface area contributed by atoms with Crippen LogP contribution in [0.25, 0.3) is 0 Å². The number of hydrogen-bond acceptors (Lipinski definition) is 2. The molecule has 4 heteroatoms. The summed E-state index contributed by atoms with van der Waals surface area (Å²) in [5.41, 5.74) is 0.602. The van der Waals surface area contributed by atoms with Crippen molar-refractivity contribution in [2.24, 2.45) is 0 Å². The molecule has 1 rings (SSSR count). The zero-order chi connectivity index (χ0) is 12.0. The van der Waals surface area contributed by atoms with Crippen molar-refractivity contribution in [2.75, 3.05) is 13.1 Å². The first kappa shape index (κ1) is 12.7. The first-order valence-corrected chi connectivity index (χ1v) is 5.82. The summed E-state index contributed by atoms with van der Waals surface area (Å²) in [7, 11) is 0. The first-order chi connectivity index (χ1) is 7.69. The largest absolute Gasteiger partial charge is 0.328 e. The number of rotatable bonds is 4. The van der Waals surface area contributed by atoms with Crippen LogP contribution in [-0.4, -0.2) is 28.9 Å². The molecule has 0 bridgehead atoms. The number of halogens is 1. The summed E-state index contributed by atoms with van der Waals surface area (Å²) >= 11 is 3.24. The van der Waals surface area contributed by atoms with Gasteiger partial charge in [0.1, 0.15) is 4.60 Å². The Balaban J connectivity index is 2.86. The van der Waals surface area contributed by atoms with E-state index in [0.717, 1.165) is 6.42 Å². The van der Waals surface area contributed by atoms with E-state index in [0.29, 0.717) is 23.3 Å². The van der Waals surface area contributed by atoms with Crippen molar-refractivity contribution in [2.45, 2.75) is 13.3 Å². The van der Waals surface area contributed by atoms with E-state index in [-0.39, 0.29) is 5.91 Å². The third-order valence-electron chi connectivity index (χ3n) is 2.04. The van der Waals surface area contributed by atoms with Crippen molar-refractivity contribution in [3.05, 3.63) is 28.5 Å². The summed E-state index contributed by atoms with van der Waals surface area (Å²) in [6.07, 6.45) is 7.72. The molecule has 0 aliphatic heterocycles. The van der Waals surface area contributed by atoms with E-state index in [1.165, 1.54) is 0 Å². The quantitative estimate of drug-likeness (QED) is 0.627. The van der Waals surface area contributed by atoms with Crippen LogP contribution in [0.1, 0.15) is 23.7 Å². The molecule has 0 saturated carbocycles. The number of pyridine rings is 1. The number of hydrogen-bond donors (Lipinski definition) is 0. The molecule has 0 aliphatic carbocycles. The summed E-state index contributed by atoms with van der Waals surface area (Å²) in [6.45, 7) is 3.02. The van der Waals surface area contributed by atoms with Crippen LogP contribution in [0.3, 0.4) is 0 Å².